The number of carbonyl (C=O) groups excluding carboxylic acids is 1. The quantitative estimate of drug-likeness (QED) is 0.836. The maximum atomic E-state index is 12.0. The van der Waals surface area contributed by atoms with Crippen LogP contribution in [-0.2, 0) is 0 Å². The highest BCUT2D eigenvalue weighted by Gasteiger charge is 2.12. The van der Waals surface area contributed by atoms with Gasteiger partial charge in [-0.2, -0.15) is 0 Å². The molecule has 4 nitrogen and oxygen atoms in total. The van der Waals surface area contributed by atoms with Gasteiger partial charge < -0.3 is 14.8 Å². The van der Waals surface area contributed by atoms with Crippen molar-refractivity contribution in [1.82, 2.24) is 0 Å². The Hall–Kier alpha value is -2.22. The van der Waals surface area contributed by atoms with Crippen molar-refractivity contribution in [3.05, 3.63) is 52.4 Å². The molecule has 102 valence electrons. The molecule has 2 aromatic rings. The summed E-state index contributed by atoms with van der Waals surface area (Å²) in [6.07, 6.45) is 0. The maximum absolute atomic E-state index is 12.0. The van der Waals surface area contributed by atoms with Crippen LogP contribution >= 0.6 is 11.6 Å². The summed E-state index contributed by atoms with van der Waals surface area (Å²) in [6, 6.07) is 8.42. The van der Waals surface area contributed by atoms with Gasteiger partial charge in [0.15, 0.2) is 11.0 Å². The second-order valence-electron chi connectivity index (χ2n) is 4.07. The van der Waals surface area contributed by atoms with Crippen LogP contribution in [0.15, 0.2) is 34.7 Å². The molecule has 0 fully saturated rings. The number of aryl methyl sites for hydroxylation is 1. The van der Waals surface area contributed by atoms with Crippen LogP contribution in [0.4, 0.5) is 5.69 Å². The number of furan rings is 1. The van der Waals surface area contributed by atoms with Crippen LogP contribution in [0.3, 0.4) is 0 Å². The van der Waals surface area contributed by atoms with E-state index in [4.69, 9.17) is 21.1 Å². The molecule has 0 bridgehead atoms. The van der Waals surface area contributed by atoms with E-state index in [9.17, 15) is 4.79 Å². The van der Waals surface area contributed by atoms with E-state index in [0.717, 1.165) is 5.56 Å². The lowest BCUT2D eigenvalue weighted by molar-refractivity contribution is 0.0996. The van der Waals surface area contributed by atoms with E-state index in [1.54, 1.807) is 6.07 Å². The van der Waals surface area contributed by atoms with E-state index in [-0.39, 0.29) is 17.6 Å². The number of carbonyl (C=O) groups is 1. The van der Waals surface area contributed by atoms with Crippen LogP contribution in [-0.4, -0.2) is 17.6 Å². The number of aliphatic hydroxyl groups is 1. The summed E-state index contributed by atoms with van der Waals surface area (Å²) in [5.41, 5.74) is 2.19. The normalized spacial score (nSPS) is 9.75. The van der Waals surface area contributed by atoms with Crippen molar-refractivity contribution in [2.45, 2.75) is 6.92 Å². The Labute approximate surface area is 121 Å². The smallest absolute Gasteiger partial charge is 0.291 e. The molecule has 1 aromatic heterocycles. The molecule has 1 heterocycles. The fourth-order valence-electron chi connectivity index (χ4n) is 1.63. The summed E-state index contributed by atoms with van der Waals surface area (Å²) >= 11 is 5.63. The molecule has 0 aliphatic rings. The number of aliphatic hydroxyl groups excluding tert-OH is 1. The minimum Gasteiger partial charge on any atom is -0.440 e. The van der Waals surface area contributed by atoms with Crippen LogP contribution in [0, 0.1) is 18.8 Å². The molecule has 0 unspecified atom stereocenters. The first-order chi connectivity index (χ1) is 9.60. The molecule has 0 aliphatic carbocycles. The van der Waals surface area contributed by atoms with Crippen molar-refractivity contribution in [2.75, 3.05) is 11.9 Å². The van der Waals surface area contributed by atoms with Gasteiger partial charge >= 0.3 is 0 Å². The lowest BCUT2D eigenvalue weighted by atomic mass is 10.1. The van der Waals surface area contributed by atoms with Crippen molar-refractivity contribution in [2.24, 2.45) is 0 Å². The Kier molecular flexibility index (Phi) is 4.46. The fraction of sp³-hybridized carbons (Fsp3) is 0.133. The van der Waals surface area contributed by atoms with Gasteiger partial charge in [0.25, 0.3) is 5.91 Å². The minimum absolute atomic E-state index is 0.122. The molecule has 2 rings (SSSR count). The number of nitrogens with one attached hydrogen (secondary N) is 1. The van der Waals surface area contributed by atoms with Crippen LogP contribution in [0.2, 0.25) is 5.22 Å². The summed E-state index contributed by atoms with van der Waals surface area (Å²) in [5, 5.41) is 11.6. The number of rotatable bonds is 2. The molecule has 1 aromatic carbocycles. The van der Waals surface area contributed by atoms with Crippen LogP contribution < -0.4 is 5.32 Å². The van der Waals surface area contributed by atoms with Crippen LogP contribution in [0.25, 0.3) is 0 Å². The van der Waals surface area contributed by atoms with Gasteiger partial charge in [-0.15, -0.1) is 0 Å². The zero-order chi connectivity index (χ0) is 14.5. The van der Waals surface area contributed by atoms with Crippen molar-refractivity contribution in [1.29, 1.82) is 0 Å². The molecule has 0 atom stereocenters. The topological polar surface area (TPSA) is 62.5 Å². The predicted molar refractivity (Wildman–Crippen MR) is 76.8 cm³/mol. The lowest BCUT2D eigenvalue weighted by Gasteiger charge is -2.07. The zero-order valence-corrected chi connectivity index (χ0v) is 11.5. The molecule has 0 radical (unpaired) electrons. The Balaban J connectivity index is 2.26. The maximum Gasteiger partial charge on any atom is 0.291 e. The van der Waals surface area contributed by atoms with Gasteiger partial charge in [-0.1, -0.05) is 17.9 Å². The molecule has 0 saturated heterocycles. The van der Waals surface area contributed by atoms with E-state index in [2.05, 4.69) is 17.2 Å². The third kappa shape index (κ3) is 3.41. The molecule has 0 saturated carbocycles. The molecular weight excluding hydrogens is 278 g/mol. The molecule has 5 heteroatoms. The highest BCUT2D eigenvalue weighted by atomic mass is 35.5. The highest BCUT2D eigenvalue weighted by Crippen LogP contribution is 2.19. The van der Waals surface area contributed by atoms with E-state index >= 15 is 0 Å². The summed E-state index contributed by atoms with van der Waals surface area (Å²) in [6.45, 7) is 1.68. The summed E-state index contributed by atoms with van der Waals surface area (Å²) in [5.74, 6) is 5.07. The Morgan fingerprint density at radius 3 is 2.85 bits per heavy atom. The van der Waals surface area contributed by atoms with Gasteiger partial charge in [-0.05, 0) is 48.4 Å². The lowest BCUT2D eigenvalue weighted by Crippen LogP contribution is -2.12. The average Bonchev–Trinajstić information content (AvgIpc) is 2.85. The first-order valence-electron chi connectivity index (χ1n) is 5.87. The predicted octanol–water partition coefficient (Wildman–Crippen LogP) is 2.84. The minimum atomic E-state index is -0.409. The van der Waals surface area contributed by atoms with Crippen molar-refractivity contribution in [3.8, 4) is 11.8 Å². The standard InChI is InChI=1S/C15H12ClNO3/c1-10-4-5-12(11(9-10)3-2-8-18)17-15(19)13-6-7-14(16)20-13/h4-7,9,18H,8H2,1H3,(H,17,19). The second-order valence-corrected chi connectivity index (χ2v) is 4.44. The molecule has 2 N–H and O–H groups in total. The van der Waals surface area contributed by atoms with E-state index in [0.29, 0.717) is 11.3 Å². The van der Waals surface area contributed by atoms with Crippen molar-refractivity contribution < 1.29 is 14.3 Å². The van der Waals surface area contributed by atoms with Crippen LogP contribution in [0.1, 0.15) is 21.7 Å². The largest absolute Gasteiger partial charge is 0.440 e. The number of hydrogen-bond acceptors (Lipinski definition) is 3. The monoisotopic (exact) mass is 289 g/mol. The average molecular weight is 290 g/mol. The second kappa shape index (κ2) is 6.29. The van der Waals surface area contributed by atoms with Gasteiger partial charge in [0.2, 0.25) is 0 Å². The first kappa shape index (κ1) is 14.2. The Bertz CT molecular complexity index is 695. The van der Waals surface area contributed by atoms with Crippen molar-refractivity contribution in [3.63, 3.8) is 0 Å². The molecule has 20 heavy (non-hydrogen) atoms. The Morgan fingerprint density at radius 1 is 1.40 bits per heavy atom. The fourth-order valence-corrected chi connectivity index (χ4v) is 1.77. The SMILES string of the molecule is Cc1ccc(NC(=O)c2ccc(Cl)o2)c(C#CCO)c1. The number of hydrogen-bond donors (Lipinski definition) is 2. The van der Waals surface area contributed by atoms with Crippen LogP contribution in [0.5, 0.6) is 0 Å². The van der Waals surface area contributed by atoms with Gasteiger partial charge in [-0.3, -0.25) is 4.79 Å². The van der Waals surface area contributed by atoms with E-state index in [1.807, 2.05) is 19.1 Å². The van der Waals surface area contributed by atoms with Gasteiger partial charge in [0, 0.05) is 5.56 Å². The van der Waals surface area contributed by atoms with Gasteiger partial charge in [0.05, 0.1) is 5.69 Å². The highest BCUT2D eigenvalue weighted by molar-refractivity contribution is 6.29. The van der Waals surface area contributed by atoms with Crippen molar-refractivity contribution >= 4 is 23.2 Å². The molecule has 0 aliphatic heterocycles. The Morgan fingerprint density at radius 2 is 2.20 bits per heavy atom. The molecule has 0 spiro atoms. The molecule has 1 amide bonds. The molecular formula is C15H12ClNO3. The zero-order valence-electron chi connectivity index (χ0n) is 10.7. The summed E-state index contributed by atoms with van der Waals surface area (Å²) in [7, 11) is 0. The van der Waals surface area contributed by atoms with Gasteiger partial charge in [-0.25, -0.2) is 0 Å². The number of amides is 1. The first-order valence-corrected chi connectivity index (χ1v) is 6.25. The van der Waals surface area contributed by atoms with E-state index in [1.165, 1.54) is 12.1 Å². The number of benzene rings is 1. The summed E-state index contributed by atoms with van der Waals surface area (Å²) in [4.78, 5) is 12.0. The summed E-state index contributed by atoms with van der Waals surface area (Å²) < 4.78 is 5.04. The number of halogens is 1. The van der Waals surface area contributed by atoms with E-state index < -0.39 is 5.91 Å². The third-order valence-corrected chi connectivity index (χ3v) is 2.73. The van der Waals surface area contributed by atoms with Gasteiger partial charge in [0.1, 0.15) is 6.61 Å². The number of anilines is 1. The third-order valence-electron chi connectivity index (χ3n) is 2.52.